The van der Waals surface area contributed by atoms with E-state index in [1.54, 1.807) is 13.8 Å². The molecular formula is C9H11N3O3. The van der Waals surface area contributed by atoms with Gasteiger partial charge in [-0.3, -0.25) is 14.9 Å². The Morgan fingerprint density at radius 2 is 2.33 bits per heavy atom. The third-order valence-corrected chi connectivity index (χ3v) is 1.87. The van der Waals surface area contributed by atoms with Crippen LogP contribution in [-0.4, -0.2) is 15.8 Å². The Morgan fingerprint density at radius 1 is 1.67 bits per heavy atom. The third-order valence-electron chi connectivity index (χ3n) is 1.87. The average molecular weight is 209 g/mol. The second-order valence-corrected chi connectivity index (χ2v) is 3.01. The molecule has 0 aliphatic carbocycles. The van der Waals surface area contributed by atoms with Crippen LogP contribution in [0.5, 0.6) is 0 Å². The predicted octanol–water partition coefficient (Wildman–Crippen LogP) is 1.65. The minimum atomic E-state index is -0.506. The van der Waals surface area contributed by atoms with Crippen LogP contribution in [0.25, 0.3) is 0 Å². The SMILES string of the molecule is CCC(=O)Nc1cc(C)c([N+](=O)[O-])cn1. The van der Waals surface area contributed by atoms with E-state index in [4.69, 9.17) is 0 Å². The van der Waals surface area contributed by atoms with Crippen molar-refractivity contribution in [1.82, 2.24) is 4.98 Å². The maximum Gasteiger partial charge on any atom is 0.290 e. The van der Waals surface area contributed by atoms with Crippen molar-refractivity contribution in [2.45, 2.75) is 20.3 Å². The van der Waals surface area contributed by atoms with Gasteiger partial charge in [0, 0.05) is 12.0 Å². The van der Waals surface area contributed by atoms with Crippen molar-refractivity contribution < 1.29 is 9.72 Å². The van der Waals surface area contributed by atoms with E-state index in [0.29, 0.717) is 17.8 Å². The Balaban J connectivity index is 2.91. The summed E-state index contributed by atoms with van der Waals surface area (Å²) in [7, 11) is 0. The van der Waals surface area contributed by atoms with E-state index in [1.807, 2.05) is 0 Å². The summed E-state index contributed by atoms with van der Waals surface area (Å²) in [4.78, 5) is 24.8. The largest absolute Gasteiger partial charge is 0.311 e. The molecule has 0 radical (unpaired) electrons. The van der Waals surface area contributed by atoms with Crippen LogP contribution in [0, 0.1) is 17.0 Å². The van der Waals surface area contributed by atoms with Gasteiger partial charge >= 0.3 is 0 Å². The molecule has 0 aliphatic heterocycles. The van der Waals surface area contributed by atoms with Gasteiger partial charge in [0.2, 0.25) is 5.91 Å². The van der Waals surface area contributed by atoms with Crippen LogP contribution in [-0.2, 0) is 4.79 Å². The molecule has 0 saturated carbocycles. The first kappa shape index (κ1) is 11.1. The fourth-order valence-corrected chi connectivity index (χ4v) is 1.04. The number of aromatic nitrogens is 1. The first-order valence-electron chi connectivity index (χ1n) is 4.45. The average Bonchev–Trinajstić information content (AvgIpc) is 2.17. The molecule has 0 bridgehead atoms. The van der Waals surface area contributed by atoms with Gasteiger partial charge < -0.3 is 5.32 Å². The lowest BCUT2D eigenvalue weighted by molar-refractivity contribution is -0.385. The number of anilines is 1. The summed E-state index contributed by atoms with van der Waals surface area (Å²) < 4.78 is 0. The number of rotatable bonds is 3. The molecule has 0 spiro atoms. The van der Waals surface area contributed by atoms with E-state index in [1.165, 1.54) is 6.07 Å². The van der Waals surface area contributed by atoms with Gasteiger partial charge in [-0.2, -0.15) is 0 Å². The molecule has 6 nitrogen and oxygen atoms in total. The van der Waals surface area contributed by atoms with Crippen LogP contribution < -0.4 is 5.32 Å². The number of nitrogens with zero attached hydrogens (tertiary/aromatic N) is 2. The molecule has 1 N–H and O–H groups in total. The smallest absolute Gasteiger partial charge is 0.290 e. The van der Waals surface area contributed by atoms with Crippen LogP contribution in [0.3, 0.4) is 0 Å². The summed E-state index contributed by atoms with van der Waals surface area (Å²) in [6.45, 7) is 3.31. The van der Waals surface area contributed by atoms with Crippen LogP contribution in [0.15, 0.2) is 12.3 Å². The zero-order valence-corrected chi connectivity index (χ0v) is 8.48. The van der Waals surface area contributed by atoms with Crippen molar-refractivity contribution in [3.63, 3.8) is 0 Å². The van der Waals surface area contributed by atoms with E-state index in [9.17, 15) is 14.9 Å². The summed E-state index contributed by atoms with van der Waals surface area (Å²) >= 11 is 0. The number of pyridine rings is 1. The van der Waals surface area contributed by atoms with Crippen molar-refractivity contribution >= 4 is 17.4 Å². The maximum absolute atomic E-state index is 11.0. The van der Waals surface area contributed by atoms with Gasteiger partial charge in [0.05, 0.1) is 4.92 Å². The van der Waals surface area contributed by atoms with Gasteiger partial charge in [0.1, 0.15) is 12.0 Å². The van der Waals surface area contributed by atoms with E-state index in [0.717, 1.165) is 6.20 Å². The first-order chi connectivity index (χ1) is 7.04. The van der Waals surface area contributed by atoms with Crippen molar-refractivity contribution in [2.24, 2.45) is 0 Å². The number of carbonyl (C=O) groups is 1. The number of hydrogen-bond acceptors (Lipinski definition) is 4. The summed E-state index contributed by atoms with van der Waals surface area (Å²) in [6.07, 6.45) is 1.48. The highest BCUT2D eigenvalue weighted by molar-refractivity contribution is 5.89. The van der Waals surface area contributed by atoms with Gasteiger partial charge in [0.15, 0.2) is 0 Å². The molecule has 1 rings (SSSR count). The normalized spacial score (nSPS) is 9.73. The molecule has 0 fully saturated rings. The van der Waals surface area contributed by atoms with Gasteiger partial charge in [0.25, 0.3) is 5.69 Å². The minimum Gasteiger partial charge on any atom is -0.311 e. The van der Waals surface area contributed by atoms with Crippen molar-refractivity contribution in [1.29, 1.82) is 0 Å². The monoisotopic (exact) mass is 209 g/mol. The van der Waals surface area contributed by atoms with E-state index < -0.39 is 4.92 Å². The Morgan fingerprint density at radius 3 is 2.80 bits per heavy atom. The Bertz CT molecular complexity index is 404. The highest BCUT2D eigenvalue weighted by Gasteiger charge is 2.11. The molecular weight excluding hydrogens is 198 g/mol. The van der Waals surface area contributed by atoms with Crippen LogP contribution in [0.1, 0.15) is 18.9 Å². The Hall–Kier alpha value is -1.98. The van der Waals surface area contributed by atoms with E-state index in [2.05, 4.69) is 10.3 Å². The highest BCUT2D eigenvalue weighted by atomic mass is 16.6. The maximum atomic E-state index is 11.0. The molecule has 80 valence electrons. The van der Waals surface area contributed by atoms with Gasteiger partial charge in [-0.25, -0.2) is 4.98 Å². The Kier molecular flexibility index (Phi) is 3.33. The lowest BCUT2D eigenvalue weighted by Gasteiger charge is -2.03. The van der Waals surface area contributed by atoms with E-state index >= 15 is 0 Å². The standard InChI is InChI=1S/C9H11N3O3/c1-3-9(13)11-8-4-6(2)7(5-10-8)12(14)15/h4-5H,3H2,1-2H3,(H,10,11,13). The molecule has 6 heteroatoms. The number of nitrogens with one attached hydrogen (secondary N) is 1. The zero-order chi connectivity index (χ0) is 11.4. The summed E-state index contributed by atoms with van der Waals surface area (Å²) in [5, 5.41) is 13.0. The second kappa shape index (κ2) is 4.50. The minimum absolute atomic E-state index is 0.0514. The topological polar surface area (TPSA) is 85.1 Å². The van der Waals surface area contributed by atoms with Crippen LogP contribution in [0.2, 0.25) is 0 Å². The first-order valence-corrected chi connectivity index (χ1v) is 4.45. The van der Waals surface area contributed by atoms with Crippen molar-refractivity contribution in [3.8, 4) is 0 Å². The second-order valence-electron chi connectivity index (χ2n) is 3.01. The number of carbonyl (C=O) groups excluding carboxylic acids is 1. The van der Waals surface area contributed by atoms with Crippen LogP contribution in [0.4, 0.5) is 11.5 Å². The molecule has 15 heavy (non-hydrogen) atoms. The molecule has 0 aliphatic rings. The molecule has 0 unspecified atom stereocenters. The number of hydrogen-bond donors (Lipinski definition) is 1. The fraction of sp³-hybridized carbons (Fsp3) is 0.333. The van der Waals surface area contributed by atoms with Crippen molar-refractivity contribution in [3.05, 3.63) is 27.9 Å². The molecule has 0 aromatic carbocycles. The summed E-state index contributed by atoms with van der Waals surface area (Å²) in [5.74, 6) is 0.167. The van der Waals surface area contributed by atoms with Gasteiger partial charge in [-0.05, 0) is 13.0 Å². The lowest BCUT2D eigenvalue weighted by Crippen LogP contribution is -2.11. The molecule has 0 saturated heterocycles. The predicted molar refractivity (Wildman–Crippen MR) is 54.5 cm³/mol. The molecule has 1 amide bonds. The fourth-order valence-electron chi connectivity index (χ4n) is 1.04. The highest BCUT2D eigenvalue weighted by Crippen LogP contribution is 2.18. The van der Waals surface area contributed by atoms with Gasteiger partial charge in [-0.15, -0.1) is 0 Å². The lowest BCUT2D eigenvalue weighted by atomic mass is 10.2. The van der Waals surface area contributed by atoms with Gasteiger partial charge in [-0.1, -0.05) is 6.92 Å². The Labute approximate surface area is 86.5 Å². The number of aryl methyl sites for hydroxylation is 1. The molecule has 1 aromatic heterocycles. The quantitative estimate of drug-likeness (QED) is 0.605. The van der Waals surface area contributed by atoms with Crippen LogP contribution >= 0.6 is 0 Å². The molecule has 1 heterocycles. The third kappa shape index (κ3) is 2.73. The van der Waals surface area contributed by atoms with Crippen molar-refractivity contribution in [2.75, 3.05) is 5.32 Å². The molecule has 1 aromatic rings. The number of nitro groups is 1. The zero-order valence-electron chi connectivity index (χ0n) is 8.48. The summed E-state index contributed by atoms with van der Waals surface area (Å²) in [6, 6.07) is 1.48. The summed E-state index contributed by atoms with van der Waals surface area (Å²) in [5.41, 5.74) is 0.422. The molecule has 0 atom stereocenters. The number of amides is 1. The van der Waals surface area contributed by atoms with E-state index in [-0.39, 0.29) is 11.6 Å².